The molecule has 0 aliphatic carbocycles. The van der Waals surface area contributed by atoms with Crippen LogP contribution < -0.4 is 5.32 Å². The Balaban J connectivity index is 1.72. The van der Waals surface area contributed by atoms with Gasteiger partial charge in [0.1, 0.15) is 6.10 Å². The summed E-state index contributed by atoms with van der Waals surface area (Å²) in [6, 6.07) is 17.6. The molecule has 0 amide bonds. The quantitative estimate of drug-likeness (QED) is 0.679. The summed E-state index contributed by atoms with van der Waals surface area (Å²) in [4.78, 5) is 4.48. The number of aryl methyl sites for hydroxylation is 1. The first-order chi connectivity index (χ1) is 12.1. The molecule has 25 heavy (non-hydrogen) atoms. The smallest absolute Gasteiger partial charge is 0.106 e. The fourth-order valence-corrected chi connectivity index (χ4v) is 3.02. The lowest BCUT2D eigenvalue weighted by Gasteiger charge is -2.21. The van der Waals surface area contributed by atoms with Crippen LogP contribution in [0.25, 0.3) is 0 Å². The summed E-state index contributed by atoms with van der Waals surface area (Å²) in [6.45, 7) is 0.451. The van der Waals surface area contributed by atoms with Gasteiger partial charge in [0.2, 0.25) is 0 Å². The van der Waals surface area contributed by atoms with E-state index >= 15 is 0 Å². The Hall–Kier alpha value is -2.14. The highest BCUT2D eigenvalue weighted by Gasteiger charge is 2.17. The van der Waals surface area contributed by atoms with Crippen molar-refractivity contribution in [3.05, 3.63) is 89.0 Å². The number of pyridine rings is 1. The van der Waals surface area contributed by atoms with Crippen LogP contribution in [0.2, 0.25) is 5.02 Å². The number of rotatable bonds is 7. The summed E-state index contributed by atoms with van der Waals surface area (Å²) in [7, 11) is 1.93. The summed E-state index contributed by atoms with van der Waals surface area (Å²) >= 11 is 5.98. The second-order valence-corrected chi connectivity index (χ2v) is 6.54. The molecule has 3 rings (SSSR count). The maximum Gasteiger partial charge on any atom is 0.106 e. The molecule has 0 saturated heterocycles. The van der Waals surface area contributed by atoms with Gasteiger partial charge in [-0.15, -0.1) is 0 Å². The van der Waals surface area contributed by atoms with Crippen molar-refractivity contribution < 1.29 is 5.11 Å². The van der Waals surface area contributed by atoms with Crippen LogP contribution in [0.5, 0.6) is 0 Å². The van der Waals surface area contributed by atoms with Gasteiger partial charge in [0.05, 0.1) is 11.7 Å². The molecule has 2 unspecified atom stereocenters. The van der Waals surface area contributed by atoms with Crippen molar-refractivity contribution in [2.45, 2.75) is 18.6 Å². The van der Waals surface area contributed by atoms with Gasteiger partial charge in [0.25, 0.3) is 0 Å². The van der Waals surface area contributed by atoms with Crippen LogP contribution in [0.1, 0.15) is 29.1 Å². The maximum absolute atomic E-state index is 10.5. The summed E-state index contributed by atoms with van der Waals surface area (Å²) in [5.74, 6) is 0. The number of aromatic nitrogens is 2. The van der Waals surface area contributed by atoms with Crippen LogP contribution in [0, 0.1) is 0 Å². The van der Waals surface area contributed by atoms with Crippen LogP contribution >= 0.6 is 11.6 Å². The summed E-state index contributed by atoms with van der Waals surface area (Å²) in [5, 5.41) is 14.6. The number of hydrogen-bond donors (Lipinski definition) is 2. The summed E-state index contributed by atoms with van der Waals surface area (Å²) in [5.41, 5.74) is 3.01. The molecule has 3 aromatic rings. The van der Waals surface area contributed by atoms with Gasteiger partial charge in [-0.05, 0) is 48.4 Å². The lowest BCUT2D eigenvalue weighted by Crippen LogP contribution is -2.29. The Labute approximate surface area is 153 Å². The van der Waals surface area contributed by atoms with E-state index in [1.54, 1.807) is 6.20 Å². The minimum Gasteiger partial charge on any atom is -0.386 e. The van der Waals surface area contributed by atoms with E-state index in [1.165, 1.54) is 5.56 Å². The van der Waals surface area contributed by atoms with Crippen LogP contribution in [-0.2, 0) is 13.5 Å². The standard InChI is InChI=1S/C20H22ClN3O/c1-24-12-4-6-19(24)20(25)14-23-18(17-5-2-3-11-22-17)13-15-7-9-16(21)10-8-15/h2-12,18,20,23,25H,13-14H2,1H3. The van der Waals surface area contributed by atoms with Crippen molar-refractivity contribution >= 4 is 11.6 Å². The second kappa shape index (κ2) is 8.30. The maximum atomic E-state index is 10.5. The third-order valence-corrected chi connectivity index (χ3v) is 4.53. The fourth-order valence-electron chi connectivity index (χ4n) is 2.90. The van der Waals surface area contributed by atoms with Crippen LogP contribution in [-0.4, -0.2) is 21.2 Å². The number of halogens is 1. The van der Waals surface area contributed by atoms with Gasteiger partial charge >= 0.3 is 0 Å². The number of aliphatic hydroxyl groups excluding tert-OH is 1. The van der Waals surface area contributed by atoms with E-state index in [0.29, 0.717) is 6.54 Å². The second-order valence-electron chi connectivity index (χ2n) is 6.11. The molecule has 1 aromatic carbocycles. The zero-order chi connectivity index (χ0) is 17.6. The average molecular weight is 356 g/mol. The minimum atomic E-state index is -0.573. The normalized spacial score (nSPS) is 13.6. The average Bonchev–Trinajstić information content (AvgIpc) is 3.07. The summed E-state index contributed by atoms with van der Waals surface area (Å²) in [6.07, 6.45) is 3.92. The number of benzene rings is 1. The number of nitrogens with zero attached hydrogens (tertiary/aromatic N) is 2. The Morgan fingerprint density at radius 1 is 1.12 bits per heavy atom. The molecule has 2 heterocycles. The van der Waals surface area contributed by atoms with E-state index in [-0.39, 0.29) is 6.04 Å². The molecule has 130 valence electrons. The lowest BCUT2D eigenvalue weighted by atomic mass is 10.0. The zero-order valence-electron chi connectivity index (χ0n) is 14.1. The molecular formula is C20H22ClN3O. The zero-order valence-corrected chi connectivity index (χ0v) is 14.9. The number of hydrogen-bond acceptors (Lipinski definition) is 3. The molecule has 0 fully saturated rings. The first kappa shape index (κ1) is 17.7. The molecule has 0 aliphatic heterocycles. The highest BCUT2D eigenvalue weighted by molar-refractivity contribution is 6.30. The molecule has 5 heteroatoms. The van der Waals surface area contributed by atoms with E-state index in [4.69, 9.17) is 11.6 Å². The van der Waals surface area contributed by atoms with E-state index in [2.05, 4.69) is 10.3 Å². The van der Waals surface area contributed by atoms with Crippen molar-refractivity contribution in [2.75, 3.05) is 6.54 Å². The Bertz CT molecular complexity index is 786. The van der Waals surface area contributed by atoms with Crippen molar-refractivity contribution in [1.82, 2.24) is 14.9 Å². The van der Waals surface area contributed by atoms with Crippen molar-refractivity contribution in [1.29, 1.82) is 0 Å². The molecule has 2 N–H and O–H groups in total. The van der Waals surface area contributed by atoms with Gasteiger partial charge in [-0.2, -0.15) is 0 Å². The summed E-state index contributed by atoms with van der Waals surface area (Å²) < 4.78 is 1.93. The number of nitrogens with one attached hydrogen (secondary N) is 1. The Morgan fingerprint density at radius 2 is 1.92 bits per heavy atom. The van der Waals surface area contributed by atoms with E-state index in [1.807, 2.05) is 72.4 Å². The van der Waals surface area contributed by atoms with Crippen molar-refractivity contribution in [3.8, 4) is 0 Å². The fraction of sp³-hybridized carbons (Fsp3) is 0.250. The lowest BCUT2D eigenvalue weighted by molar-refractivity contribution is 0.161. The Morgan fingerprint density at radius 3 is 2.56 bits per heavy atom. The van der Waals surface area contributed by atoms with E-state index in [0.717, 1.165) is 22.8 Å². The third-order valence-electron chi connectivity index (χ3n) is 4.28. The first-order valence-corrected chi connectivity index (χ1v) is 8.69. The minimum absolute atomic E-state index is 0.0114. The number of aliphatic hydroxyl groups is 1. The predicted molar refractivity (Wildman–Crippen MR) is 101 cm³/mol. The monoisotopic (exact) mass is 355 g/mol. The molecule has 0 spiro atoms. The molecule has 2 atom stereocenters. The molecule has 0 bridgehead atoms. The molecule has 0 aliphatic rings. The molecular weight excluding hydrogens is 334 g/mol. The van der Waals surface area contributed by atoms with Crippen LogP contribution in [0.4, 0.5) is 0 Å². The topological polar surface area (TPSA) is 50.1 Å². The van der Waals surface area contributed by atoms with E-state index < -0.39 is 6.10 Å². The van der Waals surface area contributed by atoms with Gasteiger partial charge in [-0.3, -0.25) is 4.98 Å². The largest absolute Gasteiger partial charge is 0.386 e. The highest BCUT2D eigenvalue weighted by atomic mass is 35.5. The highest BCUT2D eigenvalue weighted by Crippen LogP contribution is 2.20. The van der Waals surface area contributed by atoms with Crippen molar-refractivity contribution in [3.63, 3.8) is 0 Å². The van der Waals surface area contributed by atoms with Crippen LogP contribution in [0.15, 0.2) is 67.0 Å². The first-order valence-electron chi connectivity index (χ1n) is 8.31. The van der Waals surface area contributed by atoms with Gasteiger partial charge in [0, 0.05) is 36.7 Å². The van der Waals surface area contributed by atoms with Gasteiger partial charge in [-0.1, -0.05) is 29.8 Å². The SMILES string of the molecule is Cn1cccc1C(O)CNC(Cc1ccc(Cl)cc1)c1ccccn1. The van der Waals surface area contributed by atoms with Gasteiger partial charge in [-0.25, -0.2) is 0 Å². The molecule has 2 aromatic heterocycles. The van der Waals surface area contributed by atoms with Crippen molar-refractivity contribution in [2.24, 2.45) is 7.05 Å². The van der Waals surface area contributed by atoms with Crippen LogP contribution in [0.3, 0.4) is 0 Å². The molecule has 0 saturated carbocycles. The Kier molecular flexibility index (Phi) is 5.87. The van der Waals surface area contributed by atoms with E-state index in [9.17, 15) is 5.11 Å². The molecule has 0 radical (unpaired) electrons. The predicted octanol–water partition coefficient (Wildman–Crippen LogP) is 3.68. The van der Waals surface area contributed by atoms with Gasteiger partial charge < -0.3 is 15.0 Å². The molecule has 4 nitrogen and oxygen atoms in total. The third kappa shape index (κ3) is 4.69. The van der Waals surface area contributed by atoms with Gasteiger partial charge in [0.15, 0.2) is 0 Å².